The van der Waals surface area contributed by atoms with Crippen LogP contribution in [0.2, 0.25) is 0 Å². The molecule has 4 aliphatic rings. The molecule has 1 aromatic rings. The van der Waals surface area contributed by atoms with Gasteiger partial charge in [0.05, 0.1) is 13.2 Å². The van der Waals surface area contributed by atoms with Crippen LogP contribution in [-0.4, -0.2) is 81.0 Å². The fourth-order valence-electron chi connectivity index (χ4n) is 7.43. The van der Waals surface area contributed by atoms with Crippen LogP contribution in [0.1, 0.15) is 90.3 Å². The molecule has 4 amide bonds. The number of fused-ring (bicyclic) bond motifs is 3. The number of nitrogens with one attached hydrogen (secondary N) is 2. The summed E-state index contributed by atoms with van der Waals surface area (Å²) in [4.78, 5) is 69.3. The number of rotatable bonds is 5. The molecule has 1 unspecified atom stereocenters. The van der Waals surface area contributed by atoms with Crippen molar-refractivity contribution in [2.45, 2.75) is 122 Å². The number of carbonyl (C=O) groups excluding carboxylic acids is 4. The van der Waals surface area contributed by atoms with E-state index in [-0.39, 0.29) is 31.9 Å². The van der Waals surface area contributed by atoms with Gasteiger partial charge < -0.3 is 29.9 Å². The summed E-state index contributed by atoms with van der Waals surface area (Å²) in [6.07, 6.45) is 3.34. The molecule has 12 nitrogen and oxygen atoms in total. The molecule has 1 saturated heterocycles. The van der Waals surface area contributed by atoms with Gasteiger partial charge in [-0.25, -0.2) is 9.59 Å². The summed E-state index contributed by atoms with van der Waals surface area (Å²) in [5.74, 6) is -1.45. The minimum absolute atomic E-state index is 0.0135. The van der Waals surface area contributed by atoms with E-state index < -0.39 is 71.8 Å². The molecule has 1 aliphatic carbocycles. The molecule has 7 atom stereocenters. The zero-order valence-electron chi connectivity index (χ0n) is 29.7. The zero-order valence-corrected chi connectivity index (χ0v) is 30.6. The lowest BCUT2D eigenvalue weighted by Gasteiger charge is -2.36. The predicted molar refractivity (Wildman–Crippen MR) is 185 cm³/mol. The number of hydrogen-bond donors (Lipinski definition) is 3. The Morgan fingerprint density at radius 2 is 1.90 bits per heavy atom. The highest BCUT2D eigenvalue weighted by Gasteiger charge is 2.66. The monoisotopic (exact) mass is 700 g/mol. The first-order valence-electron chi connectivity index (χ1n) is 17.5. The van der Waals surface area contributed by atoms with Crippen molar-refractivity contribution in [3.05, 3.63) is 47.5 Å². The number of cyclic esters (lactones) is 1. The normalized spacial score (nSPS) is 30.9. The highest BCUT2D eigenvalue weighted by Crippen LogP contribution is 2.71. The summed E-state index contributed by atoms with van der Waals surface area (Å²) in [6.45, 7) is 15.4. The number of alkyl carbamates (subject to hydrolysis) is 1. The molecular formula is C36H53N4O8P. The fourth-order valence-corrected chi connectivity index (χ4v) is 9.67. The standard InChI is InChI=1S/C36H53N4O8P/c1-8-26-17-36(26,49(45,46)22(2)3)38-31(41)29-16-27-19-40(29)32(42)30(35(5,6)7)37-33(43)47-21-23(4)12-9-10-13-24-14-11-15-25-18-39(20-28(24)25)34(44)48-27/h8,11,14-15,22-23,26-27,29-30H,1,9-10,12-13,16-21H2,2-7H3,(H,37,43)(H,38,41)(H,45,46)/t23-,26-,27-,29+,30-,36+/m1/s1. The van der Waals surface area contributed by atoms with Crippen LogP contribution in [0.5, 0.6) is 0 Å². The third kappa shape index (κ3) is 7.55. The second kappa shape index (κ2) is 14.1. The Balaban J connectivity index is 1.45. The lowest BCUT2D eigenvalue weighted by atomic mass is 9.85. The van der Waals surface area contributed by atoms with E-state index in [9.17, 15) is 28.6 Å². The molecule has 1 aromatic carbocycles. The highest BCUT2D eigenvalue weighted by atomic mass is 31.2. The molecule has 270 valence electrons. The van der Waals surface area contributed by atoms with Gasteiger partial charge >= 0.3 is 12.2 Å². The molecule has 49 heavy (non-hydrogen) atoms. The first-order valence-corrected chi connectivity index (χ1v) is 19.3. The van der Waals surface area contributed by atoms with Gasteiger partial charge in [0.2, 0.25) is 19.2 Å². The van der Waals surface area contributed by atoms with Crippen LogP contribution < -0.4 is 10.6 Å². The molecule has 1 saturated carbocycles. The fraction of sp³-hybridized carbons (Fsp3) is 0.667. The van der Waals surface area contributed by atoms with Gasteiger partial charge in [-0.15, -0.1) is 6.58 Å². The minimum Gasteiger partial charge on any atom is -0.449 e. The number of benzene rings is 1. The van der Waals surface area contributed by atoms with E-state index in [1.54, 1.807) is 45.6 Å². The maximum Gasteiger partial charge on any atom is 0.410 e. The van der Waals surface area contributed by atoms with Crippen molar-refractivity contribution in [2.75, 3.05) is 13.2 Å². The van der Waals surface area contributed by atoms with E-state index in [4.69, 9.17) is 9.47 Å². The van der Waals surface area contributed by atoms with Gasteiger partial charge in [0.1, 0.15) is 23.5 Å². The van der Waals surface area contributed by atoms with Crippen molar-refractivity contribution >= 4 is 31.4 Å². The van der Waals surface area contributed by atoms with Crippen LogP contribution in [0.3, 0.4) is 0 Å². The second-order valence-corrected chi connectivity index (χ2v) is 18.8. The maximum atomic E-state index is 14.4. The summed E-state index contributed by atoms with van der Waals surface area (Å²) >= 11 is 0. The second-order valence-electron chi connectivity index (χ2n) is 15.7. The molecular weight excluding hydrogens is 647 g/mol. The SMILES string of the molecule is C=C[C@@H]1C[C@]1(NC(=O)[C@@H]1C[C@@H]2CN1C(=O)[C@H](C(C)(C)C)NC(=O)OC[C@H](C)CCCCc1cccc3c1CN(C3)C(=O)O2)P(=O)(O)C(C)C. The van der Waals surface area contributed by atoms with Crippen molar-refractivity contribution in [3.63, 3.8) is 0 Å². The lowest BCUT2D eigenvalue weighted by Crippen LogP contribution is -2.58. The van der Waals surface area contributed by atoms with Crippen molar-refractivity contribution in [1.29, 1.82) is 0 Å². The Labute approximate surface area is 289 Å². The molecule has 13 heteroatoms. The molecule has 3 N–H and O–H groups in total. The van der Waals surface area contributed by atoms with E-state index in [2.05, 4.69) is 23.3 Å². The number of ether oxygens (including phenoxy) is 2. The molecule has 0 radical (unpaired) electrons. The number of carbonyl (C=O) groups is 4. The Morgan fingerprint density at radius 3 is 2.55 bits per heavy atom. The van der Waals surface area contributed by atoms with Crippen molar-refractivity contribution in [2.24, 2.45) is 17.3 Å². The Morgan fingerprint density at radius 1 is 1.18 bits per heavy atom. The number of aryl methyl sites for hydroxylation is 1. The van der Waals surface area contributed by atoms with Crippen LogP contribution in [-0.2, 0) is 43.1 Å². The number of amides is 4. The van der Waals surface area contributed by atoms with Crippen molar-refractivity contribution in [3.8, 4) is 0 Å². The van der Waals surface area contributed by atoms with E-state index in [0.717, 1.165) is 36.8 Å². The average molecular weight is 701 g/mol. The van der Waals surface area contributed by atoms with Crippen LogP contribution in [0.25, 0.3) is 0 Å². The van der Waals surface area contributed by atoms with Crippen molar-refractivity contribution < 1.29 is 38.1 Å². The van der Waals surface area contributed by atoms with Crippen molar-refractivity contribution in [1.82, 2.24) is 20.4 Å². The molecule has 0 spiro atoms. The van der Waals surface area contributed by atoms with Gasteiger partial charge in [-0.2, -0.15) is 0 Å². The molecule has 2 fully saturated rings. The van der Waals surface area contributed by atoms with Crippen LogP contribution in [0.15, 0.2) is 30.9 Å². The highest BCUT2D eigenvalue weighted by molar-refractivity contribution is 7.60. The van der Waals surface area contributed by atoms with Gasteiger partial charge in [-0.3, -0.25) is 19.1 Å². The smallest absolute Gasteiger partial charge is 0.410 e. The molecule has 5 rings (SSSR count). The van der Waals surface area contributed by atoms with Gasteiger partial charge in [0.25, 0.3) is 0 Å². The van der Waals surface area contributed by atoms with Gasteiger partial charge in [0.15, 0.2) is 0 Å². The van der Waals surface area contributed by atoms with Crippen LogP contribution >= 0.6 is 7.37 Å². The lowest BCUT2D eigenvalue weighted by molar-refractivity contribution is -0.142. The van der Waals surface area contributed by atoms with Gasteiger partial charge in [-0.1, -0.05) is 72.2 Å². The third-order valence-corrected chi connectivity index (χ3v) is 13.8. The first-order chi connectivity index (χ1) is 23.0. The van der Waals surface area contributed by atoms with Gasteiger partial charge in [0, 0.05) is 31.1 Å². The van der Waals surface area contributed by atoms with E-state index in [0.29, 0.717) is 13.1 Å². The topological polar surface area (TPSA) is 155 Å². The zero-order chi connectivity index (χ0) is 35.9. The molecule has 4 bridgehead atoms. The third-order valence-electron chi connectivity index (χ3n) is 10.6. The molecule has 3 heterocycles. The first kappa shape index (κ1) is 36.9. The van der Waals surface area contributed by atoms with E-state index >= 15 is 0 Å². The average Bonchev–Trinajstić information content (AvgIpc) is 3.35. The summed E-state index contributed by atoms with van der Waals surface area (Å²) < 4.78 is 25.2. The number of nitrogens with zero attached hydrogens (tertiary/aromatic N) is 2. The van der Waals surface area contributed by atoms with E-state index in [1.165, 1.54) is 10.5 Å². The largest absolute Gasteiger partial charge is 0.449 e. The maximum absolute atomic E-state index is 14.4. The summed E-state index contributed by atoms with van der Waals surface area (Å²) in [5, 5.41) is 4.21. The Hall–Kier alpha value is -3.37. The predicted octanol–water partition coefficient (Wildman–Crippen LogP) is 5.31. The quantitative estimate of drug-likeness (QED) is 0.276. The summed E-state index contributed by atoms with van der Waals surface area (Å²) in [7, 11) is -3.91. The summed E-state index contributed by atoms with van der Waals surface area (Å²) in [5.41, 5.74) is 2.00. The minimum atomic E-state index is -3.91. The molecule has 3 aliphatic heterocycles. The summed E-state index contributed by atoms with van der Waals surface area (Å²) in [6, 6.07) is 3.93. The Bertz CT molecular complexity index is 1520. The van der Waals surface area contributed by atoms with E-state index in [1.807, 2.05) is 19.1 Å². The Kier molecular flexibility index (Phi) is 10.6. The molecule has 0 aromatic heterocycles. The van der Waals surface area contributed by atoms with Crippen LogP contribution in [0, 0.1) is 17.3 Å². The van der Waals surface area contributed by atoms with Gasteiger partial charge in [-0.05, 0) is 53.7 Å². The van der Waals surface area contributed by atoms with Crippen LogP contribution in [0.4, 0.5) is 9.59 Å². The number of hydrogen-bond acceptors (Lipinski definition) is 7.